The van der Waals surface area contributed by atoms with E-state index in [1.165, 1.54) is 0 Å². The van der Waals surface area contributed by atoms with Crippen molar-refractivity contribution in [1.29, 1.82) is 0 Å². The topological polar surface area (TPSA) is 25.8 Å². The van der Waals surface area contributed by atoms with Crippen LogP contribution in [0.1, 0.15) is 41.6 Å². The molecule has 3 rings (SSSR count). The third-order valence-corrected chi connectivity index (χ3v) is 3.86. The van der Waals surface area contributed by atoms with E-state index in [2.05, 4.69) is 9.97 Å². The van der Waals surface area contributed by atoms with Crippen molar-refractivity contribution in [3.8, 4) is 0 Å². The molecule has 2 atom stereocenters. The summed E-state index contributed by atoms with van der Waals surface area (Å²) in [6, 6.07) is 7.20. The van der Waals surface area contributed by atoms with Crippen molar-refractivity contribution in [3.63, 3.8) is 0 Å². The summed E-state index contributed by atoms with van der Waals surface area (Å²) >= 11 is 0. The molecule has 104 valence electrons. The minimum Gasteiger partial charge on any atom is -0.241 e. The highest BCUT2D eigenvalue weighted by molar-refractivity contribution is 5.31. The zero-order valence-corrected chi connectivity index (χ0v) is 10.6. The predicted molar refractivity (Wildman–Crippen MR) is 68.2 cm³/mol. The summed E-state index contributed by atoms with van der Waals surface area (Å²) in [5, 5.41) is 0. The molecule has 0 radical (unpaired) electrons. The van der Waals surface area contributed by atoms with E-state index < -0.39 is 11.7 Å². The molecular weight excluding hydrogens is 265 g/mol. The quantitative estimate of drug-likeness (QED) is 0.824. The molecule has 0 saturated heterocycles. The van der Waals surface area contributed by atoms with Gasteiger partial charge in [0.2, 0.25) is 0 Å². The molecule has 1 saturated carbocycles. The van der Waals surface area contributed by atoms with E-state index >= 15 is 0 Å². The second kappa shape index (κ2) is 4.89. The molecule has 1 aromatic heterocycles. The highest BCUT2D eigenvalue weighted by atomic mass is 19.4. The normalized spacial score (nSPS) is 22.4. The standard InChI is InChI=1S/C15H13F3N2/c16-15(17,18)11-4-2-10(3-5-11)12-6-7-13(12)14-19-8-1-9-20-14/h1-5,8-9,12-13H,6-7H2/t12?,13-/m1/s1. The molecule has 1 aliphatic rings. The highest BCUT2D eigenvalue weighted by Gasteiger charge is 2.36. The lowest BCUT2D eigenvalue weighted by atomic mass is 9.69. The average molecular weight is 278 g/mol. The fourth-order valence-electron chi connectivity index (χ4n) is 2.63. The first-order valence-corrected chi connectivity index (χ1v) is 6.50. The van der Waals surface area contributed by atoms with Gasteiger partial charge in [-0.1, -0.05) is 12.1 Å². The van der Waals surface area contributed by atoms with Crippen LogP contribution in [0.25, 0.3) is 0 Å². The van der Waals surface area contributed by atoms with Crippen LogP contribution in [0.5, 0.6) is 0 Å². The Morgan fingerprint density at radius 2 is 1.50 bits per heavy atom. The lowest BCUT2D eigenvalue weighted by Gasteiger charge is -2.35. The number of hydrogen-bond donors (Lipinski definition) is 0. The zero-order chi connectivity index (χ0) is 14.2. The largest absolute Gasteiger partial charge is 0.416 e. The van der Waals surface area contributed by atoms with Gasteiger partial charge >= 0.3 is 6.18 Å². The van der Waals surface area contributed by atoms with Crippen LogP contribution in [0.15, 0.2) is 42.7 Å². The number of hydrogen-bond acceptors (Lipinski definition) is 2. The molecule has 0 spiro atoms. The van der Waals surface area contributed by atoms with Gasteiger partial charge in [0, 0.05) is 18.3 Å². The number of aromatic nitrogens is 2. The van der Waals surface area contributed by atoms with Gasteiger partial charge < -0.3 is 0 Å². The Morgan fingerprint density at radius 3 is 2.00 bits per heavy atom. The molecule has 0 amide bonds. The van der Waals surface area contributed by atoms with Gasteiger partial charge in [0.05, 0.1) is 5.56 Å². The van der Waals surface area contributed by atoms with Crippen LogP contribution in [0.4, 0.5) is 13.2 Å². The number of nitrogens with zero attached hydrogens (tertiary/aromatic N) is 2. The number of alkyl halides is 3. The first-order chi connectivity index (χ1) is 9.55. The van der Waals surface area contributed by atoms with Gasteiger partial charge in [0.15, 0.2) is 0 Å². The molecule has 2 nitrogen and oxygen atoms in total. The molecular formula is C15H13F3N2. The Hall–Kier alpha value is -1.91. The van der Waals surface area contributed by atoms with E-state index in [1.807, 2.05) is 0 Å². The van der Waals surface area contributed by atoms with Crippen LogP contribution in [0.2, 0.25) is 0 Å². The molecule has 5 heteroatoms. The SMILES string of the molecule is FC(F)(F)c1ccc(C2CC[C@H]2c2ncccn2)cc1. The van der Waals surface area contributed by atoms with E-state index in [4.69, 9.17) is 0 Å². The first-order valence-electron chi connectivity index (χ1n) is 6.50. The third kappa shape index (κ3) is 2.40. The summed E-state index contributed by atoms with van der Waals surface area (Å²) in [5.74, 6) is 1.22. The monoisotopic (exact) mass is 278 g/mol. The van der Waals surface area contributed by atoms with E-state index in [1.54, 1.807) is 30.6 Å². The Kier molecular flexibility index (Phi) is 3.20. The summed E-state index contributed by atoms with van der Waals surface area (Å²) in [5.41, 5.74) is 0.329. The van der Waals surface area contributed by atoms with Gasteiger partial charge in [-0.05, 0) is 42.5 Å². The molecule has 1 aromatic carbocycles. The third-order valence-electron chi connectivity index (χ3n) is 3.86. The van der Waals surface area contributed by atoms with Gasteiger partial charge in [0.1, 0.15) is 5.82 Å². The van der Waals surface area contributed by atoms with Crippen molar-refractivity contribution in [2.24, 2.45) is 0 Å². The molecule has 1 aliphatic carbocycles. The fourth-order valence-corrected chi connectivity index (χ4v) is 2.63. The van der Waals surface area contributed by atoms with Crippen molar-refractivity contribution < 1.29 is 13.2 Å². The van der Waals surface area contributed by atoms with Crippen molar-refractivity contribution in [1.82, 2.24) is 9.97 Å². The fraction of sp³-hybridized carbons (Fsp3) is 0.333. The highest BCUT2D eigenvalue weighted by Crippen LogP contribution is 2.48. The summed E-state index contributed by atoms with van der Waals surface area (Å²) in [7, 11) is 0. The Morgan fingerprint density at radius 1 is 0.900 bits per heavy atom. The second-order valence-electron chi connectivity index (χ2n) is 5.02. The minimum absolute atomic E-state index is 0.216. The molecule has 1 fully saturated rings. The molecule has 2 aromatic rings. The lowest BCUT2D eigenvalue weighted by Crippen LogP contribution is -2.23. The maximum absolute atomic E-state index is 12.5. The van der Waals surface area contributed by atoms with Gasteiger partial charge in [-0.2, -0.15) is 13.2 Å². The smallest absolute Gasteiger partial charge is 0.241 e. The Balaban J connectivity index is 1.80. The summed E-state index contributed by atoms with van der Waals surface area (Å²) in [6.45, 7) is 0. The van der Waals surface area contributed by atoms with Crippen LogP contribution >= 0.6 is 0 Å². The van der Waals surface area contributed by atoms with Crippen LogP contribution in [0, 0.1) is 0 Å². The number of halogens is 3. The molecule has 0 N–H and O–H groups in total. The van der Waals surface area contributed by atoms with Crippen molar-refractivity contribution in [3.05, 3.63) is 59.7 Å². The molecule has 1 heterocycles. The van der Waals surface area contributed by atoms with Crippen molar-refractivity contribution in [2.45, 2.75) is 30.9 Å². The maximum atomic E-state index is 12.5. The van der Waals surface area contributed by atoms with E-state index in [9.17, 15) is 13.2 Å². The van der Waals surface area contributed by atoms with Gasteiger partial charge in [-0.15, -0.1) is 0 Å². The summed E-state index contributed by atoms with van der Waals surface area (Å²) < 4.78 is 37.6. The second-order valence-corrected chi connectivity index (χ2v) is 5.02. The van der Waals surface area contributed by atoms with E-state index in [0.717, 1.165) is 36.4 Å². The van der Waals surface area contributed by atoms with Crippen molar-refractivity contribution in [2.75, 3.05) is 0 Å². The van der Waals surface area contributed by atoms with Crippen LogP contribution < -0.4 is 0 Å². The Bertz CT molecular complexity index is 578. The molecule has 0 aliphatic heterocycles. The number of rotatable bonds is 2. The molecule has 0 bridgehead atoms. The van der Waals surface area contributed by atoms with Gasteiger partial charge in [0.25, 0.3) is 0 Å². The first kappa shape index (κ1) is 13.1. The van der Waals surface area contributed by atoms with Crippen molar-refractivity contribution >= 4 is 0 Å². The maximum Gasteiger partial charge on any atom is 0.416 e. The number of benzene rings is 1. The van der Waals surface area contributed by atoms with Crippen LogP contribution in [-0.4, -0.2) is 9.97 Å². The van der Waals surface area contributed by atoms with Crippen LogP contribution in [-0.2, 0) is 6.18 Å². The molecule has 1 unspecified atom stereocenters. The zero-order valence-electron chi connectivity index (χ0n) is 10.6. The van der Waals surface area contributed by atoms with Gasteiger partial charge in [-0.25, -0.2) is 9.97 Å². The average Bonchev–Trinajstić information content (AvgIpc) is 2.38. The summed E-state index contributed by atoms with van der Waals surface area (Å²) in [4.78, 5) is 8.48. The Labute approximate surface area is 114 Å². The van der Waals surface area contributed by atoms with Gasteiger partial charge in [-0.3, -0.25) is 0 Å². The molecule has 20 heavy (non-hydrogen) atoms. The predicted octanol–water partition coefficient (Wildman–Crippen LogP) is 4.16. The van der Waals surface area contributed by atoms with Crippen LogP contribution in [0.3, 0.4) is 0 Å². The summed E-state index contributed by atoms with van der Waals surface area (Å²) in [6.07, 6.45) is 1.07. The van der Waals surface area contributed by atoms with E-state index in [-0.39, 0.29) is 11.8 Å². The lowest BCUT2D eigenvalue weighted by molar-refractivity contribution is -0.137. The van der Waals surface area contributed by atoms with E-state index in [0.29, 0.717) is 0 Å². The minimum atomic E-state index is -4.28.